The lowest BCUT2D eigenvalue weighted by molar-refractivity contribution is 0.590. The molecule has 274 valence electrons. The van der Waals surface area contributed by atoms with Gasteiger partial charge in [-0.3, -0.25) is 0 Å². The third kappa shape index (κ3) is 4.52. The van der Waals surface area contributed by atoms with Gasteiger partial charge < -0.3 is 18.7 Å². The van der Waals surface area contributed by atoms with Crippen LogP contribution in [-0.2, 0) is 5.41 Å². The molecule has 4 nitrogen and oxygen atoms in total. The second-order valence-electron chi connectivity index (χ2n) is 17.0. The van der Waals surface area contributed by atoms with Gasteiger partial charge >= 0.3 is 0 Å². The molecule has 0 radical (unpaired) electrons. The molecular weight excluding hydrogens is 727 g/mol. The number of furan rings is 2. The van der Waals surface area contributed by atoms with Crippen molar-refractivity contribution in [2.24, 2.45) is 0 Å². The van der Waals surface area contributed by atoms with Crippen LogP contribution < -0.4 is 16.2 Å². The van der Waals surface area contributed by atoms with Crippen LogP contribution in [0.2, 0.25) is 0 Å². The predicted octanol–water partition coefficient (Wildman–Crippen LogP) is 13.4. The van der Waals surface area contributed by atoms with Crippen molar-refractivity contribution in [3.05, 3.63) is 151 Å². The highest BCUT2D eigenvalue weighted by molar-refractivity contribution is 7.25. The average molecular weight is 763 g/mol. The maximum Gasteiger partial charge on any atom is 0.198 e. The molecule has 0 saturated carbocycles. The molecule has 0 amide bonds. The summed E-state index contributed by atoms with van der Waals surface area (Å²) in [5.41, 5.74) is 15.7. The van der Waals surface area contributed by atoms with E-state index in [0.717, 1.165) is 68.1 Å². The number of hydrogen-bond acceptors (Lipinski definition) is 4. The topological polar surface area (TPSA) is 43.2 Å². The van der Waals surface area contributed by atoms with Crippen LogP contribution >= 0.6 is 11.3 Å². The number of para-hydroxylation sites is 2. The monoisotopic (exact) mass is 762 g/mol. The van der Waals surface area contributed by atoms with Crippen molar-refractivity contribution in [1.29, 1.82) is 0 Å². The smallest absolute Gasteiger partial charge is 0.198 e. The minimum atomic E-state index is 0.0693. The quantitative estimate of drug-likeness (QED) is 0.182. The molecule has 12 aromatic rings. The highest BCUT2D eigenvalue weighted by atomic mass is 32.1. The summed E-state index contributed by atoms with van der Waals surface area (Å²) < 4.78 is 18.2. The van der Waals surface area contributed by atoms with Crippen LogP contribution in [0.4, 0.5) is 11.4 Å². The number of aromatic nitrogens is 1. The van der Waals surface area contributed by atoms with Gasteiger partial charge in [-0.2, -0.15) is 0 Å². The molecule has 0 atom stereocenters. The molecule has 8 aromatic carbocycles. The van der Waals surface area contributed by atoms with Crippen molar-refractivity contribution in [2.75, 3.05) is 5.32 Å². The first kappa shape index (κ1) is 32.3. The standard InChI is InChI=1S/C52H35BN2O2S/c1-52(2,3)28-16-18-29(19-17-28)54-41-27-47-37(30-10-4-7-13-44(30)57-47)22-35(41)33-20-21-34-36-25-49-39(32-12-6-9-15-48(32)58-49)24-42(36)55-43-23-38-31-11-5-8-14-45(31)56-46(38)26-40(43)53-50(33)51(34)55/h4-27,53-54H,1-3H3. The second kappa shape index (κ2) is 11.4. The first-order valence-corrected chi connectivity index (χ1v) is 20.8. The summed E-state index contributed by atoms with van der Waals surface area (Å²) in [4.78, 5) is 0. The normalized spacial score (nSPS) is 12.9. The van der Waals surface area contributed by atoms with Crippen molar-refractivity contribution in [3.8, 4) is 16.8 Å². The van der Waals surface area contributed by atoms with Crippen LogP contribution in [0.3, 0.4) is 0 Å². The fourth-order valence-electron chi connectivity index (χ4n) is 9.72. The van der Waals surface area contributed by atoms with Gasteiger partial charge in [-0.05, 0) is 82.7 Å². The number of rotatable bonds is 3. The summed E-state index contributed by atoms with van der Waals surface area (Å²) in [6.07, 6.45) is 0. The van der Waals surface area contributed by atoms with E-state index in [9.17, 15) is 0 Å². The Bertz CT molecular complexity index is 3720. The highest BCUT2D eigenvalue weighted by Gasteiger charge is 2.29. The van der Waals surface area contributed by atoms with E-state index in [2.05, 4.69) is 170 Å². The van der Waals surface area contributed by atoms with Crippen LogP contribution in [0.15, 0.2) is 154 Å². The molecule has 0 spiro atoms. The zero-order valence-electron chi connectivity index (χ0n) is 32.2. The van der Waals surface area contributed by atoms with Gasteiger partial charge in [0, 0.05) is 81.0 Å². The molecular formula is C52H35BN2O2S. The Balaban J connectivity index is 1.12. The maximum atomic E-state index is 6.53. The first-order chi connectivity index (χ1) is 28.3. The number of thiophene rings is 1. The van der Waals surface area contributed by atoms with E-state index >= 15 is 0 Å². The molecule has 0 aliphatic carbocycles. The Hall–Kier alpha value is -6.76. The van der Waals surface area contributed by atoms with Gasteiger partial charge in [0.15, 0.2) is 7.28 Å². The van der Waals surface area contributed by atoms with Crippen molar-refractivity contribution in [2.45, 2.75) is 26.2 Å². The van der Waals surface area contributed by atoms with Crippen LogP contribution in [0.25, 0.3) is 103 Å². The molecule has 0 bridgehead atoms. The van der Waals surface area contributed by atoms with Crippen LogP contribution in [0, 0.1) is 0 Å². The molecule has 4 aromatic heterocycles. The number of nitrogens with one attached hydrogen (secondary N) is 1. The molecule has 0 unspecified atom stereocenters. The van der Waals surface area contributed by atoms with Crippen LogP contribution in [0.5, 0.6) is 0 Å². The van der Waals surface area contributed by atoms with E-state index in [1.54, 1.807) is 0 Å². The van der Waals surface area contributed by atoms with Gasteiger partial charge in [0.1, 0.15) is 22.3 Å². The zero-order chi connectivity index (χ0) is 38.4. The zero-order valence-corrected chi connectivity index (χ0v) is 33.1. The third-order valence-corrected chi connectivity index (χ3v) is 13.7. The highest BCUT2D eigenvalue weighted by Crippen LogP contribution is 2.44. The largest absolute Gasteiger partial charge is 0.456 e. The van der Waals surface area contributed by atoms with E-state index in [-0.39, 0.29) is 5.41 Å². The SMILES string of the molecule is CC(C)(C)c1ccc(Nc2cc3oc4ccccc4c3cc2-c2ccc3c4cc5sc6ccccc6c5cc4n4c3c2Bc2cc3oc5ccccc5c3cc2-4)cc1. The lowest BCUT2D eigenvalue weighted by Gasteiger charge is -2.24. The van der Waals surface area contributed by atoms with E-state index in [4.69, 9.17) is 8.83 Å². The Morgan fingerprint density at radius 3 is 1.98 bits per heavy atom. The molecule has 58 heavy (non-hydrogen) atoms. The molecule has 13 rings (SSSR count). The molecule has 1 N–H and O–H groups in total. The number of anilines is 2. The van der Waals surface area contributed by atoms with Crippen LogP contribution in [0.1, 0.15) is 26.3 Å². The Labute approximate surface area is 338 Å². The molecule has 1 aliphatic heterocycles. The van der Waals surface area contributed by atoms with Gasteiger partial charge in [0.05, 0.1) is 11.2 Å². The summed E-state index contributed by atoms with van der Waals surface area (Å²) in [6, 6.07) is 53.2. The molecule has 6 heteroatoms. The second-order valence-corrected chi connectivity index (χ2v) is 18.1. The third-order valence-electron chi connectivity index (χ3n) is 12.6. The minimum Gasteiger partial charge on any atom is -0.456 e. The number of hydrogen-bond donors (Lipinski definition) is 1. The van der Waals surface area contributed by atoms with Crippen molar-refractivity contribution in [1.82, 2.24) is 4.57 Å². The minimum absolute atomic E-state index is 0.0693. The van der Waals surface area contributed by atoms with E-state index < -0.39 is 0 Å². The molecule has 0 saturated heterocycles. The maximum absolute atomic E-state index is 6.53. The lowest BCUT2D eigenvalue weighted by Crippen LogP contribution is -2.37. The van der Waals surface area contributed by atoms with Gasteiger partial charge in [-0.15, -0.1) is 11.3 Å². The summed E-state index contributed by atoms with van der Waals surface area (Å²) in [5.74, 6) is 0. The Kier molecular flexibility index (Phi) is 6.37. The summed E-state index contributed by atoms with van der Waals surface area (Å²) in [7, 11) is 0.770. The summed E-state index contributed by atoms with van der Waals surface area (Å²) in [5, 5.41) is 13.5. The predicted molar refractivity (Wildman–Crippen MR) is 249 cm³/mol. The summed E-state index contributed by atoms with van der Waals surface area (Å²) >= 11 is 1.88. The summed E-state index contributed by atoms with van der Waals surface area (Å²) in [6.45, 7) is 6.77. The Morgan fingerprint density at radius 1 is 0.534 bits per heavy atom. The fraction of sp³-hybridized carbons (Fsp3) is 0.0769. The molecule has 0 fully saturated rings. The van der Waals surface area contributed by atoms with Crippen molar-refractivity contribution in [3.63, 3.8) is 0 Å². The van der Waals surface area contributed by atoms with E-state index in [1.807, 2.05) is 17.4 Å². The van der Waals surface area contributed by atoms with Gasteiger partial charge in [-0.1, -0.05) is 105 Å². The van der Waals surface area contributed by atoms with Crippen LogP contribution in [-0.4, -0.2) is 11.8 Å². The van der Waals surface area contributed by atoms with Crippen molar-refractivity contribution < 1.29 is 8.83 Å². The van der Waals surface area contributed by atoms with Gasteiger partial charge in [-0.25, -0.2) is 0 Å². The Morgan fingerprint density at radius 2 is 1.22 bits per heavy atom. The molecule has 5 heterocycles. The number of benzene rings is 8. The van der Waals surface area contributed by atoms with E-state index in [1.165, 1.54) is 69.7 Å². The van der Waals surface area contributed by atoms with Gasteiger partial charge in [0.25, 0.3) is 0 Å². The number of fused-ring (bicyclic) bond motifs is 14. The lowest BCUT2D eigenvalue weighted by atomic mass is 9.59. The first-order valence-electron chi connectivity index (χ1n) is 20.0. The van der Waals surface area contributed by atoms with E-state index in [0.29, 0.717) is 0 Å². The fourth-order valence-corrected chi connectivity index (χ4v) is 10.8. The average Bonchev–Trinajstić information content (AvgIpc) is 3.98. The molecule has 1 aliphatic rings. The van der Waals surface area contributed by atoms with Crippen molar-refractivity contribution >= 4 is 127 Å². The number of nitrogens with zero attached hydrogens (tertiary/aromatic N) is 1. The van der Waals surface area contributed by atoms with Gasteiger partial charge in [0.2, 0.25) is 0 Å².